The predicted molar refractivity (Wildman–Crippen MR) is 165 cm³/mol. The fraction of sp³-hybridized carbons (Fsp3) is 0.412. The Morgan fingerprint density at radius 3 is 2.74 bits per heavy atom. The van der Waals surface area contributed by atoms with Gasteiger partial charge >= 0.3 is 6.01 Å². The standard InChI is InChI=1S/C34H38N6O2/c1-4-31(41)40-19-18-39(20-27(40)14-16-35)33-28-15-17-38(30-13-7-12-26-11-5-8-23(2)32(26)30)21-29(28)36-34(37-33)42-22-24(3)25-9-6-10-25/h4-5,7-8,11-13,20,24-25H,1,6,9-10,14-15,17-19,21-22H2,2-3H3. The van der Waals surface area contributed by atoms with Crippen LogP contribution in [-0.2, 0) is 17.8 Å². The van der Waals surface area contributed by atoms with E-state index in [9.17, 15) is 10.1 Å². The minimum Gasteiger partial charge on any atom is -0.463 e. The molecule has 2 aliphatic heterocycles. The highest BCUT2D eigenvalue weighted by Crippen LogP contribution is 2.37. The van der Waals surface area contributed by atoms with Gasteiger partial charge in [-0.3, -0.25) is 4.79 Å². The van der Waals surface area contributed by atoms with Crippen molar-refractivity contribution in [3.05, 3.63) is 77.8 Å². The van der Waals surface area contributed by atoms with Gasteiger partial charge in [0.25, 0.3) is 0 Å². The van der Waals surface area contributed by atoms with Crippen LogP contribution in [0.15, 0.2) is 61.0 Å². The van der Waals surface area contributed by atoms with Gasteiger partial charge in [0, 0.05) is 42.5 Å². The third kappa shape index (κ3) is 5.32. The number of nitriles is 1. The summed E-state index contributed by atoms with van der Waals surface area (Å²) in [6, 6.07) is 15.5. The lowest BCUT2D eigenvalue weighted by atomic mass is 9.77. The van der Waals surface area contributed by atoms with Crippen LogP contribution in [-0.4, -0.2) is 47.0 Å². The number of amides is 1. The molecule has 1 atom stereocenters. The molecule has 0 saturated heterocycles. The molecule has 216 valence electrons. The fourth-order valence-electron chi connectivity index (χ4n) is 6.43. The monoisotopic (exact) mass is 562 g/mol. The van der Waals surface area contributed by atoms with Crippen molar-refractivity contribution in [1.29, 1.82) is 5.26 Å². The second-order valence-electron chi connectivity index (χ2n) is 11.7. The van der Waals surface area contributed by atoms with Crippen molar-refractivity contribution in [2.24, 2.45) is 11.8 Å². The number of ether oxygens (including phenoxy) is 1. The van der Waals surface area contributed by atoms with Gasteiger partial charge in [0.15, 0.2) is 0 Å². The van der Waals surface area contributed by atoms with Crippen molar-refractivity contribution in [3.8, 4) is 12.1 Å². The van der Waals surface area contributed by atoms with Crippen molar-refractivity contribution >= 4 is 28.2 Å². The number of aromatic nitrogens is 2. The number of nitrogens with zero attached hydrogens (tertiary/aromatic N) is 6. The maximum absolute atomic E-state index is 12.5. The number of hydrogen-bond donors (Lipinski definition) is 0. The Morgan fingerprint density at radius 1 is 1.19 bits per heavy atom. The molecule has 3 aliphatic rings. The van der Waals surface area contributed by atoms with Crippen LogP contribution in [0.25, 0.3) is 10.8 Å². The number of carbonyl (C=O) groups is 1. The van der Waals surface area contributed by atoms with Crippen LogP contribution in [0, 0.1) is 30.1 Å². The van der Waals surface area contributed by atoms with Crippen LogP contribution in [0.5, 0.6) is 6.01 Å². The molecule has 1 saturated carbocycles. The molecular weight excluding hydrogens is 524 g/mol. The Morgan fingerprint density at radius 2 is 2.00 bits per heavy atom. The summed E-state index contributed by atoms with van der Waals surface area (Å²) in [5.74, 6) is 1.77. The second-order valence-corrected chi connectivity index (χ2v) is 11.7. The first-order chi connectivity index (χ1) is 20.5. The molecule has 3 aromatic rings. The quantitative estimate of drug-likeness (QED) is 0.316. The van der Waals surface area contributed by atoms with E-state index in [1.165, 1.54) is 47.4 Å². The van der Waals surface area contributed by atoms with Crippen molar-refractivity contribution < 1.29 is 9.53 Å². The van der Waals surface area contributed by atoms with Crippen LogP contribution in [0.1, 0.15) is 49.4 Å². The Hall–Kier alpha value is -4.38. The molecule has 0 bridgehead atoms. The summed E-state index contributed by atoms with van der Waals surface area (Å²) in [6.45, 7) is 11.1. The van der Waals surface area contributed by atoms with Gasteiger partial charge < -0.3 is 19.4 Å². The summed E-state index contributed by atoms with van der Waals surface area (Å²) < 4.78 is 6.29. The van der Waals surface area contributed by atoms with Crippen molar-refractivity contribution in [2.45, 2.75) is 52.5 Å². The Bertz CT molecular complexity index is 1580. The maximum atomic E-state index is 12.5. The average molecular weight is 563 g/mol. The molecule has 0 N–H and O–H groups in total. The molecule has 1 aromatic heterocycles. The van der Waals surface area contributed by atoms with E-state index in [-0.39, 0.29) is 12.3 Å². The normalized spacial score (nSPS) is 17.6. The van der Waals surface area contributed by atoms with E-state index >= 15 is 0 Å². The Balaban J connectivity index is 1.37. The largest absolute Gasteiger partial charge is 0.463 e. The van der Waals surface area contributed by atoms with Gasteiger partial charge in [-0.1, -0.05) is 63.1 Å². The number of hydrogen-bond acceptors (Lipinski definition) is 7. The van der Waals surface area contributed by atoms with E-state index in [1.807, 2.05) is 6.20 Å². The van der Waals surface area contributed by atoms with Crippen LogP contribution >= 0.6 is 0 Å². The average Bonchev–Trinajstić information content (AvgIpc) is 2.98. The molecule has 6 rings (SSSR count). The topological polar surface area (TPSA) is 85.6 Å². The smallest absolute Gasteiger partial charge is 0.318 e. The fourth-order valence-corrected chi connectivity index (χ4v) is 6.43. The highest BCUT2D eigenvalue weighted by Gasteiger charge is 2.30. The van der Waals surface area contributed by atoms with Crippen molar-refractivity contribution in [3.63, 3.8) is 0 Å². The van der Waals surface area contributed by atoms with Crippen LogP contribution in [0.3, 0.4) is 0 Å². The van der Waals surface area contributed by atoms with E-state index in [0.717, 1.165) is 30.0 Å². The molecule has 8 heteroatoms. The zero-order valence-corrected chi connectivity index (χ0v) is 24.6. The third-order valence-corrected chi connectivity index (χ3v) is 9.07. The molecule has 0 spiro atoms. The molecule has 1 fully saturated rings. The summed E-state index contributed by atoms with van der Waals surface area (Å²) in [4.78, 5) is 28.5. The lowest BCUT2D eigenvalue weighted by Crippen LogP contribution is -2.42. The zero-order chi connectivity index (χ0) is 29.2. The molecule has 1 aliphatic carbocycles. The molecule has 0 radical (unpaired) electrons. The molecule has 42 heavy (non-hydrogen) atoms. The Labute approximate surface area is 247 Å². The minimum absolute atomic E-state index is 0.125. The lowest BCUT2D eigenvalue weighted by Gasteiger charge is -2.37. The summed E-state index contributed by atoms with van der Waals surface area (Å²) in [5.41, 5.74) is 5.17. The first kappa shape index (κ1) is 27.8. The third-order valence-electron chi connectivity index (χ3n) is 9.07. The second kappa shape index (κ2) is 11.8. The predicted octanol–water partition coefficient (Wildman–Crippen LogP) is 5.91. The summed E-state index contributed by atoms with van der Waals surface area (Å²) in [6.07, 6.45) is 7.92. The van der Waals surface area contributed by atoms with E-state index in [4.69, 9.17) is 14.7 Å². The number of carbonyl (C=O) groups excluding carboxylic acids is 1. The number of allylic oxidation sites excluding steroid dienone is 1. The Kier molecular flexibility index (Phi) is 7.84. The minimum atomic E-state index is -0.198. The van der Waals surface area contributed by atoms with E-state index < -0.39 is 0 Å². The number of aryl methyl sites for hydroxylation is 1. The first-order valence-corrected chi connectivity index (χ1v) is 15.0. The van der Waals surface area contributed by atoms with Gasteiger partial charge in [-0.25, -0.2) is 0 Å². The SMILES string of the molecule is C=CC(=O)N1CCN(c2nc(OCC(C)C3CCC3)nc3c2CCN(c2cccc4cccc(C)c24)C3)C=C1CC#N. The van der Waals surface area contributed by atoms with Gasteiger partial charge in [-0.05, 0) is 48.3 Å². The van der Waals surface area contributed by atoms with Crippen molar-refractivity contribution in [1.82, 2.24) is 14.9 Å². The molecule has 3 heterocycles. The molecular formula is C34H38N6O2. The van der Waals surface area contributed by atoms with Gasteiger partial charge in [-0.2, -0.15) is 15.2 Å². The summed E-state index contributed by atoms with van der Waals surface area (Å²) in [7, 11) is 0. The lowest BCUT2D eigenvalue weighted by molar-refractivity contribution is -0.124. The highest BCUT2D eigenvalue weighted by molar-refractivity contribution is 5.97. The van der Waals surface area contributed by atoms with Gasteiger partial charge in [0.2, 0.25) is 5.91 Å². The zero-order valence-electron chi connectivity index (χ0n) is 24.6. The first-order valence-electron chi connectivity index (χ1n) is 15.0. The van der Waals surface area contributed by atoms with Gasteiger partial charge in [0.05, 0.1) is 37.0 Å². The van der Waals surface area contributed by atoms with Crippen LogP contribution in [0.4, 0.5) is 11.5 Å². The van der Waals surface area contributed by atoms with Crippen LogP contribution in [0.2, 0.25) is 0 Å². The maximum Gasteiger partial charge on any atom is 0.318 e. The van der Waals surface area contributed by atoms with Crippen LogP contribution < -0.4 is 14.5 Å². The summed E-state index contributed by atoms with van der Waals surface area (Å²) in [5, 5.41) is 12.0. The highest BCUT2D eigenvalue weighted by atomic mass is 16.5. The van der Waals surface area contributed by atoms with E-state index in [0.29, 0.717) is 49.8 Å². The number of anilines is 2. The van der Waals surface area contributed by atoms with Gasteiger partial charge in [0.1, 0.15) is 5.82 Å². The summed E-state index contributed by atoms with van der Waals surface area (Å²) >= 11 is 0. The number of benzene rings is 2. The molecule has 1 amide bonds. The number of rotatable bonds is 8. The molecule has 8 nitrogen and oxygen atoms in total. The van der Waals surface area contributed by atoms with Gasteiger partial charge in [-0.15, -0.1) is 0 Å². The van der Waals surface area contributed by atoms with E-state index in [2.05, 4.69) is 72.7 Å². The van der Waals surface area contributed by atoms with E-state index in [1.54, 1.807) is 4.90 Å². The molecule has 2 aromatic carbocycles. The van der Waals surface area contributed by atoms with Crippen molar-refractivity contribution in [2.75, 3.05) is 36.0 Å². The molecule has 1 unspecified atom stereocenters. The number of fused-ring (bicyclic) bond motifs is 2.